The van der Waals surface area contributed by atoms with Crippen LogP contribution in [0.5, 0.6) is 11.5 Å². The van der Waals surface area contributed by atoms with Crippen molar-refractivity contribution in [3.8, 4) is 11.5 Å². The van der Waals surface area contributed by atoms with E-state index < -0.39 is 29.9 Å². The molecule has 0 unspecified atom stereocenters. The molecule has 0 radical (unpaired) electrons. The lowest BCUT2D eigenvalue weighted by atomic mass is 9.90. The van der Waals surface area contributed by atoms with Crippen molar-refractivity contribution in [2.24, 2.45) is 0 Å². The van der Waals surface area contributed by atoms with Crippen molar-refractivity contribution in [3.05, 3.63) is 103 Å². The zero-order valence-corrected chi connectivity index (χ0v) is 19.0. The highest BCUT2D eigenvalue weighted by Gasteiger charge is 2.49. The summed E-state index contributed by atoms with van der Waals surface area (Å²) in [5.74, 6) is 0.374. The lowest BCUT2D eigenvalue weighted by molar-refractivity contribution is -0.133. The highest BCUT2D eigenvalue weighted by molar-refractivity contribution is 6.10. The molecule has 5 rings (SSSR count). The number of hydrogen-bond acceptors (Lipinski definition) is 4. The van der Waals surface area contributed by atoms with Gasteiger partial charge in [-0.2, -0.15) is 0 Å². The van der Waals surface area contributed by atoms with Crippen molar-refractivity contribution in [1.82, 2.24) is 10.2 Å². The van der Waals surface area contributed by atoms with Gasteiger partial charge in [0, 0.05) is 5.69 Å². The summed E-state index contributed by atoms with van der Waals surface area (Å²) >= 11 is 0. The van der Waals surface area contributed by atoms with E-state index in [2.05, 4.69) is 10.6 Å². The maximum absolute atomic E-state index is 13.2. The quantitative estimate of drug-likeness (QED) is 0.391. The number of urea groups is 1. The van der Waals surface area contributed by atoms with E-state index in [-0.39, 0.29) is 0 Å². The summed E-state index contributed by atoms with van der Waals surface area (Å²) in [7, 11) is 0. The first-order valence-corrected chi connectivity index (χ1v) is 11.2. The molecule has 1 atom stereocenters. The second-order valence-electron chi connectivity index (χ2n) is 8.50. The monoisotopic (exact) mass is 465 g/mol. The third-order valence-corrected chi connectivity index (χ3v) is 6.02. The van der Waals surface area contributed by atoms with Crippen molar-refractivity contribution < 1.29 is 19.1 Å². The minimum absolute atomic E-state index is 0.393. The Morgan fingerprint density at radius 1 is 0.857 bits per heavy atom. The molecule has 1 aliphatic rings. The smallest absolute Gasteiger partial charge is 0.325 e. The van der Waals surface area contributed by atoms with Gasteiger partial charge < -0.3 is 15.4 Å². The van der Waals surface area contributed by atoms with Crippen LogP contribution in [0.15, 0.2) is 97.1 Å². The van der Waals surface area contributed by atoms with Gasteiger partial charge in [0.2, 0.25) is 5.91 Å². The van der Waals surface area contributed by atoms with Crippen LogP contribution in [0, 0.1) is 0 Å². The first-order chi connectivity index (χ1) is 16.9. The number of hydrogen-bond donors (Lipinski definition) is 2. The summed E-state index contributed by atoms with van der Waals surface area (Å²) < 4.78 is 5.75. The summed E-state index contributed by atoms with van der Waals surface area (Å²) in [6, 6.07) is 29.0. The van der Waals surface area contributed by atoms with Crippen LogP contribution in [0.1, 0.15) is 12.5 Å². The molecule has 35 heavy (non-hydrogen) atoms. The second-order valence-corrected chi connectivity index (χ2v) is 8.50. The minimum Gasteiger partial charge on any atom is -0.457 e. The topological polar surface area (TPSA) is 87.7 Å². The summed E-state index contributed by atoms with van der Waals surface area (Å²) in [4.78, 5) is 39.5. The molecular formula is C28H23N3O4. The number of benzene rings is 4. The Labute approximate surface area is 202 Å². The first-order valence-electron chi connectivity index (χ1n) is 11.2. The maximum atomic E-state index is 13.2. The molecule has 174 valence electrons. The van der Waals surface area contributed by atoms with E-state index in [9.17, 15) is 14.4 Å². The number of para-hydroxylation sites is 1. The molecule has 4 aromatic rings. The van der Waals surface area contributed by atoms with E-state index in [0.717, 1.165) is 15.7 Å². The Kier molecular flexibility index (Phi) is 5.66. The lowest BCUT2D eigenvalue weighted by Gasteiger charge is -2.22. The molecule has 1 aliphatic heterocycles. The second kappa shape index (κ2) is 8.95. The van der Waals surface area contributed by atoms with Crippen LogP contribution in [0.25, 0.3) is 10.8 Å². The van der Waals surface area contributed by atoms with Crippen molar-refractivity contribution in [2.45, 2.75) is 12.5 Å². The van der Waals surface area contributed by atoms with E-state index in [0.29, 0.717) is 22.7 Å². The average Bonchev–Trinajstić information content (AvgIpc) is 3.09. The van der Waals surface area contributed by atoms with E-state index in [1.54, 1.807) is 31.2 Å². The number of nitrogens with zero attached hydrogens (tertiary/aromatic N) is 1. The summed E-state index contributed by atoms with van der Waals surface area (Å²) in [6.07, 6.45) is 0. The fraction of sp³-hybridized carbons (Fsp3) is 0.107. The predicted molar refractivity (Wildman–Crippen MR) is 133 cm³/mol. The van der Waals surface area contributed by atoms with Gasteiger partial charge in [0.05, 0.1) is 0 Å². The number of anilines is 1. The third-order valence-electron chi connectivity index (χ3n) is 6.02. The molecule has 1 saturated heterocycles. The molecule has 4 aromatic carbocycles. The van der Waals surface area contributed by atoms with E-state index >= 15 is 0 Å². The molecule has 4 amide bonds. The molecule has 1 heterocycles. The largest absolute Gasteiger partial charge is 0.457 e. The standard InChI is InChI=1S/C28H23N3O4/c1-28(21-12-11-19-7-5-6-8-20(19)17-21)26(33)31(27(34)30-28)18-25(32)29-22-13-15-24(16-14-22)35-23-9-3-2-4-10-23/h2-17H,18H2,1H3,(H,29,32)(H,30,34)/t28-/m1/s1. The van der Waals surface area contributed by atoms with Gasteiger partial charge in [-0.15, -0.1) is 0 Å². The molecule has 0 bridgehead atoms. The maximum Gasteiger partial charge on any atom is 0.325 e. The van der Waals surface area contributed by atoms with Crippen molar-refractivity contribution in [1.29, 1.82) is 0 Å². The van der Waals surface area contributed by atoms with Crippen molar-refractivity contribution in [2.75, 3.05) is 11.9 Å². The molecule has 0 aliphatic carbocycles. The molecule has 0 spiro atoms. The highest BCUT2D eigenvalue weighted by atomic mass is 16.5. The zero-order valence-electron chi connectivity index (χ0n) is 19.0. The average molecular weight is 466 g/mol. The third kappa shape index (κ3) is 4.44. The predicted octanol–water partition coefficient (Wildman–Crippen LogP) is 5.04. The van der Waals surface area contributed by atoms with Crippen LogP contribution in [-0.4, -0.2) is 29.3 Å². The van der Waals surface area contributed by atoms with Crippen LogP contribution in [0.3, 0.4) is 0 Å². The van der Waals surface area contributed by atoms with Gasteiger partial charge in [-0.05, 0) is 65.7 Å². The fourth-order valence-electron chi connectivity index (χ4n) is 4.11. The lowest BCUT2D eigenvalue weighted by Crippen LogP contribution is -2.42. The number of nitrogens with one attached hydrogen (secondary N) is 2. The van der Waals surface area contributed by atoms with Gasteiger partial charge in [0.25, 0.3) is 5.91 Å². The number of amides is 4. The highest BCUT2D eigenvalue weighted by Crippen LogP contribution is 2.31. The number of fused-ring (bicyclic) bond motifs is 1. The number of ether oxygens (including phenoxy) is 1. The van der Waals surface area contributed by atoms with Gasteiger partial charge >= 0.3 is 6.03 Å². The number of carbonyl (C=O) groups excluding carboxylic acids is 3. The normalized spacial score (nSPS) is 17.3. The Bertz CT molecular complexity index is 1420. The number of rotatable bonds is 6. The van der Waals surface area contributed by atoms with Gasteiger partial charge in [-0.25, -0.2) is 4.79 Å². The van der Waals surface area contributed by atoms with Gasteiger partial charge in [0.15, 0.2) is 0 Å². The summed E-state index contributed by atoms with van der Waals surface area (Å²) in [5.41, 5.74) is -0.0658. The van der Waals surface area contributed by atoms with Crippen molar-refractivity contribution in [3.63, 3.8) is 0 Å². The molecule has 1 fully saturated rings. The molecular weight excluding hydrogens is 442 g/mol. The Morgan fingerprint density at radius 2 is 1.51 bits per heavy atom. The van der Waals surface area contributed by atoms with Gasteiger partial charge in [-0.3, -0.25) is 14.5 Å². The summed E-state index contributed by atoms with van der Waals surface area (Å²) in [6.45, 7) is 1.26. The number of imide groups is 1. The SMILES string of the molecule is C[C@]1(c2ccc3ccccc3c2)NC(=O)N(CC(=O)Nc2ccc(Oc3ccccc3)cc2)C1=O. The van der Waals surface area contributed by atoms with E-state index in [1.165, 1.54) is 0 Å². The molecule has 0 saturated carbocycles. The molecule has 2 N–H and O–H groups in total. The first kappa shape index (κ1) is 22.2. The van der Waals surface area contributed by atoms with E-state index in [4.69, 9.17) is 4.74 Å². The molecule has 7 heteroatoms. The minimum atomic E-state index is -1.25. The van der Waals surface area contributed by atoms with Crippen LogP contribution in [-0.2, 0) is 15.1 Å². The molecule has 0 aromatic heterocycles. The van der Waals surface area contributed by atoms with Crippen LogP contribution >= 0.6 is 0 Å². The number of carbonyl (C=O) groups is 3. The Balaban J connectivity index is 1.25. The van der Waals surface area contributed by atoms with Crippen molar-refractivity contribution >= 4 is 34.3 Å². The van der Waals surface area contributed by atoms with Crippen LogP contribution in [0.2, 0.25) is 0 Å². The Hall–Kier alpha value is -4.65. The van der Waals surface area contributed by atoms with Crippen LogP contribution < -0.4 is 15.4 Å². The summed E-state index contributed by atoms with van der Waals surface area (Å²) in [5, 5.41) is 7.47. The molecule has 7 nitrogen and oxygen atoms in total. The van der Waals surface area contributed by atoms with Gasteiger partial charge in [0.1, 0.15) is 23.6 Å². The fourth-order valence-corrected chi connectivity index (χ4v) is 4.11. The Morgan fingerprint density at radius 3 is 2.26 bits per heavy atom. The zero-order chi connectivity index (χ0) is 24.4. The van der Waals surface area contributed by atoms with E-state index in [1.807, 2.05) is 72.8 Å². The van der Waals surface area contributed by atoms with Gasteiger partial charge in [-0.1, -0.05) is 54.6 Å². The van der Waals surface area contributed by atoms with Crippen LogP contribution in [0.4, 0.5) is 10.5 Å².